The molecule has 0 fully saturated rings. The first-order chi connectivity index (χ1) is 8.28. The van der Waals surface area contributed by atoms with Gasteiger partial charge in [0, 0.05) is 12.5 Å². The Morgan fingerprint density at radius 1 is 1.35 bits per heavy atom. The van der Waals surface area contributed by atoms with Crippen LogP contribution in [-0.4, -0.2) is 19.2 Å². The summed E-state index contributed by atoms with van der Waals surface area (Å²) in [6.07, 6.45) is 7.69. The minimum Gasteiger partial charge on any atom is -0.497 e. The Labute approximate surface area is 100 Å². The second-order valence-corrected chi connectivity index (χ2v) is 3.75. The normalized spacial score (nSPS) is 19.4. The van der Waals surface area contributed by atoms with Gasteiger partial charge in [-0.15, -0.1) is 0 Å². The Bertz CT molecular complexity index is 443. The molecule has 3 nitrogen and oxygen atoms in total. The van der Waals surface area contributed by atoms with E-state index >= 15 is 0 Å². The topological polar surface area (TPSA) is 35.5 Å². The van der Waals surface area contributed by atoms with Crippen LogP contribution in [0.5, 0.6) is 5.75 Å². The number of hydrogen-bond donors (Lipinski definition) is 0. The summed E-state index contributed by atoms with van der Waals surface area (Å²) in [5, 5.41) is 0. The number of ether oxygens (including phenoxy) is 2. The van der Waals surface area contributed by atoms with Gasteiger partial charge < -0.3 is 9.47 Å². The van der Waals surface area contributed by atoms with Crippen LogP contribution in [0.25, 0.3) is 6.08 Å². The molecule has 0 amide bonds. The smallest absolute Gasteiger partial charge is 0.331 e. The fraction of sp³-hybridized carbons (Fsp3) is 0.214. The summed E-state index contributed by atoms with van der Waals surface area (Å²) in [5.74, 6) is 0.551. The van der Waals surface area contributed by atoms with Gasteiger partial charge in [0.05, 0.1) is 7.11 Å². The number of hydrogen-bond acceptors (Lipinski definition) is 3. The predicted molar refractivity (Wildman–Crippen MR) is 65.7 cm³/mol. The van der Waals surface area contributed by atoms with Gasteiger partial charge in [-0.1, -0.05) is 24.3 Å². The van der Waals surface area contributed by atoms with Crippen molar-refractivity contribution in [1.29, 1.82) is 0 Å². The van der Waals surface area contributed by atoms with Crippen molar-refractivity contribution >= 4 is 12.0 Å². The predicted octanol–water partition coefficient (Wildman–Crippen LogP) is 2.58. The van der Waals surface area contributed by atoms with Gasteiger partial charge in [-0.25, -0.2) is 4.79 Å². The van der Waals surface area contributed by atoms with Gasteiger partial charge in [-0.2, -0.15) is 0 Å². The first kappa shape index (κ1) is 11.5. The van der Waals surface area contributed by atoms with Crippen LogP contribution in [0.3, 0.4) is 0 Å². The fourth-order valence-electron chi connectivity index (χ4n) is 1.59. The van der Waals surface area contributed by atoms with E-state index in [4.69, 9.17) is 9.47 Å². The molecule has 1 heterocycles. The summed E-state index contributed by atoms with van der Waals surface area (Å²) >= 11 is 0. The van der Waals surface area contributed by atoms with Crippen LogP contribution in [0.4, 0.5) is 0 Å². The lowest BCUT2D eigenvalue weighted by molar-refractivity contribution is -0.141. The molecule has 1 atom stereocenters. The molecule has 0 N–H and O–H groups in total. The van der Waals surface area contributed by atoms with Crippen LogP contribution < -0.4 is 4.74 Å². The van der Waals surface area contributed by atoms with Crippen LogP contribution in [0.15, 0.2) is 42.5 Å². The molecule has 3 heteroatoms. The summed E-state index contributed by atoms with van der Waals surface area (Å²) in [4.78, 5) is 11.0. The number of cyclic esters (lactones) is 1. The fourth-order valence-corrected chi connectivity index (χ4v) is 1.59. The van der Waals surface area contributed by atoms with Gasteiger partial charge in [-0.05, 0) is 23.8 Å². The molecular weight excluding hydrogens is 216 g/mol. The number of rotatable bonds is 3. The van der Waals surface area contributed by atoms with Crippen molar-refractivity contribution in [2.24, 2.45) is 0 Å². The molecular formula is C14H14O3. The zero-order valence-corrected chi connectivity index (χ0v) is 9.63. The first-order valence-corrected chi connectivity index (χ1v) is 5.47. The quantitative estimate of drug-likeness (QED) is 0.749. The molecule has 2 rings (SSSR count). The molecule has 1 aromatic rings. The van der Waals surface area contributed by atoms with E-state index in [1.807, 2.05) is 42.5 Å². The largest absolute Gasteiger partial charge is 0.497 e. The molecule has 0 spiro atoms. The number of carbonyl (C=O) groups excluding carboxylic acids is 1. The average Bonchev–Trinajstić information content (AvgIpc) is 2.37. The van der Waals surface area contributed by atoms with E-state index in [9.17, 15) is 4.79 Å². The van der Waals surface area contributed by atoms with Gasteiger partial charge in [0.15, 0.2) is 0 Å². The van der Waals surface area contributed by atoms with Crippen molar-refractivity contribution in [1.82, 2.24) is 0 Å². The minimum atomic E-state index is -0.277. The maximum absolute atomic E-state index is 11.0. The standard InChI is InChI=1S/C14H14O3/c1-16-12-8-5-11(6-9-12)7-10-13-3-2-4-14(15)17-13/h2,4-10,13H,3H2,1H3/b10-7+/t13-/m1/s1. The minimum absolute atomic E-state index is 0.158. The van der Waals surface area contributed by atoms with E-state index in [1.54, 1.807) is 7.11 Å². The molecule has 88 valence electrons. The van der Waals surface area contributed by atoms with E-state index in [1.165, 1.54) is 6.08 Å². The van der Waals surface area contributed by atoms with E-state index < -0.39 is 0 Å². The van der Waals surface area contributed by atoms with Crippen LogP contribution in [0.1, 0.15) is 12.0 Å². The lowest BCUT2D eigenvalue weighted by atomic mass is 10.1. The molecule has 17 heavy (non-hydrogen) atoms. The molecule has 0 unspecified atom stereocenters. The van der Waals surface area contributed by atoms with Gasteiger partial charge in [0.25, 0.3) is 0 Å². The average molecular weight is 230 g/mol. The van der Waals surface area contributed by atoms with Gasteiger partial charge in [0.2, 0.25) is 0 Å². The zero-order chi connectivity index (χ0) is 12.1. The summed E-state index contributed by atoms with van der Waals surface area (Å²) in [6, 6.07) is 7.70. The maximum atomic E-state index is 11.0. The molecule has 1 aliphatic rings. The monoisotopic (exact) mass is 230 g/mol. The number of benzene rings is 1. The van der Waals surface area contributed by atoms with Crippen molar-refractivity contribution in [2.45, 2.75) is 12.5 Å². The van der Waals surface area contributed by atoms with Crippen LogP contribution in [-0.2, 0) is 9.53 Å². The Balaban J connectivity index is 1.99. The Kier molecular flexibility index (Phi) is 3.60. The zero-order valence-electron chi connectivity index (χ0n) is 9.63. The summed E-state index contributed by atoms with van der Waals surface area (Å²) in [6.45, 7) is 0. The summed E-state index contributed by atoms with van der Waals surface area (Å²) < 4.78 is 10.2. The van der Waals surface area contributed by atoms with Crippen LogP contribution >= 0.6 is 0 Å². The van der Waals surface area contributed by atoms with Crippen LogP contribution in [0.2, 0.25) is 0 Å². The third-order valence-corrected chi connectivity index (χ3v) is 2.51. The first-order valence-electron chi connectivity index (χ1n) is 5.47. The SMILES string of the molecule is COc1ccc(/C=C/[C@H]2CC=CC(=O)O2)cc1. The highest BCUT2D eigenvalue weighted by Crippen LogP contribution is 2.14. The van der Waals surface area contributed by atoms with Crippen molar-refractivity contribution in [2.75, 3.05) is 7.11 Å². The van der Waals surface area contributed by atoms with Crippen LogP contribution in [0, 0.1) is 0 Å². The van der Waals surface area contributed by atoms with Crippen molar-refractivity contribution < 1.29 is 14.3 Å². The van der Waals surface area contributed by atoms with E-state index in [0.717, 1.165) is 17.7 Å². The van der Waals surface area contributed by atoms with Crippen molar-refractivity contribution in [3.8, 4) is 5.75 Å². The Hall–Kier alpha value is -2.03. The van der Waals surface area contributed by atoms with Gasteiger partial charge in [0.1, 0.15) is 11.9 Å². The lowest BCUT2D eigenvalue weighted by Crippen LogP contribution is -2.17. The molecule has 1 aromatic carbocycles. The van der Waals surface area contributed by atoms with E-state index in [0.29, 0.717) is 0 Å². The second-order valence-electron chi connectivity index (χ2n) is 3.75. The molecule has 1 aliphatic heterocycles. The highest BCUT2D eigenvalue weighted by Gasteiger charge is 2.11. The highest BCUT2D eigenvalue weighted by molar-refractivity contribution is 5.83. The third kappa shape index (κ3) is 3.21. The lowest BCUT2D eigenvalue weighted by Gasteiger charge is -2.14. The molecule has 0 saturated carbocycles. The van der Waals surface area contributed by atoms with Gasteiger partial charge in [-0.3, -0.25) is 0 Å². The van der Waals surface area contributed by atoms with Crippen molar-refractivity contribution in [3.05, 3.63) is 48.1 Å². The molecule has 0 bridgehead atoms. The number of carbonyl (C=O) groups is 1. The Morgan fingerprint density at radius 2 is 2.12 bits per heavy atom. The van der Waals surface area contributed by atoms with E-state index in [2.05, 4.69) is 0 Å². The molecule has 0 radical (unpaired) electrons. The Morgan fingerprint density at radius 3 is 2.76 bits per heavy atom. The molecule has 0 aromatic heterocycles. The third-order valence-electron chi connectivity index (χ3n) is 2.51. The van der Waals surface area contributed by atoms with E-state index in [-0.39, 0.29) is 12.1 Å². The molecule has 0 aliphatic carbocycles. The highest BCUT2D eigenvalue weighted by atomic mass is 16.5. The number of esters is 1. The van der Waals surface area contributed by atoms with Crippen molar-refractivity contribution in [3.63, 3.8) is 0 Å². The summed E-state index contributed by atoms with van der Waals surface area (Å²) in [5.41, 5.74) is 1.05. The second kappa shape index (κ2) is 5.34. The maximum Gasteiger partial charge on any atom is 0.331 e. The van der Waals surface area contributed by atoms with Gasteiger partial charge >= 0.3 is 5.97 Å². The molecule has 0 saturated heterocycles. The number of methoxy groups -OCH3 is 1. The summed E-state index contributed by atoms with van der Waals surface area (Å²) in [7, 11) is 1.64.